The van der Waals surface area contributed by atoms with E-state index in [-0.39, 0.29) is 12.1 Å². The van der Waals surface area contributed by atoms with Crippen LogP contribution in [0, 0.1) is 0 Å². The maximum atomic E-state index is 12.4. The summed E-state index contributed by atoms with van der Waals surface area (Å²) < 4.78 is 11.3. The number of carbonyl (C=O) groups excluding carboxylic acids is 1. The second-order valence-corrected chi connectivity index (χ2v) is 7.13. The van der Waals surface area contributed by atoms with Gasteiger partial charge in [-0.3, -0.25) is 0 Å². The highest BCUT2D eigenvalue weighted by molar-refractivity contribution is 5.68. The van der Waals surface area contributed by atoms with Gasteiger partial charge in [0.25, 0.3) is 0 Å². The summed E-state index contributed by atoms with van der Waals surface area (Å²) in [6.45, 7) is 7.23. The molecule has 1 amide bonds. The van der Waals surface area contributed by atoms with Crippen LogP contribution in [0.2, 0.25) is 0 Å². The highest BCUT2D eigenvalue weighted by Crippen LogP contribution is 2.23. The lowest BCUT2D eigenvalue weighted by Crippen LogP contribution is -2.46. The van der Waals surface area contributed by atoms with Crippen molar-refractivity contribution in [3.8, 4) is 5.75 Å². The van der Waals surface area contributed by atoms with E-state index < -0.39 is 5.60 Å². The van der Waals surface area contributed by atoms with Crippen LogP contribution < -0.4 is 4.74 Å². The van der Waals surface area contributed by atoms with Crippen LogP contribution in [0.1, 0.15) is 52.9 Å². The molecule has 4 heteroatoms. The summed E-state index contributed by atoms with van der Waals surface area (Å²) >= 11 is 0. The molecule has 1 heterocycles. The summed E-state index contributed by atoms with van der Waals surface area (Å²) in [7, 11) is 0. The maximum Gasteiger partial charge on any atom is 0.410 e. The summed E-state index contributed by atoms with van der Waals surface area (Å²) in [6.07, 6.45) is 5.04. The first-order valence-corrected chi connectivity index (χ1v) is 8.63. The number of amides is 1. The maximum absolute atomic E-state index is 12.4. The first-order valence-electron chi connectivity index (χ1n) is 8.63. The van der Waals surface area contributed by atoms with Gasteiger partial charge in [-0.1, -0.05) is 18.2 Å². The van der Waals surface area contributed by atoms with Crippen molar-refractivity contribution in [1.29, 1.82) is 0 Å². The van der Waals surface area contributed by atoms with Crippen LogP contribution in [0.5, 0.6) is 5.75 Å². The normalized spacial score (nSPS) is 18.6. The predicted molar refractivity (Wildman–Crippen MR) is 91.8 cm³/mol. The molecule has 1 unspecified atom stereocenters. The minimum atomic E-state index is -0.435. The molecule has 2 rings (SSSR count). The van der Waals surface area contributed by atoms with Crippen molar-refractivity contribution < 1.29 is 14.3 Å². The molecule has 1 fully saturated rings. The van der Waals surface area contributed by atoms with Crippen LogP contribution in [0.3, 0.4) is 0 Å². The Hall–Kier alpha value is -1.71. The summed E-state index contributed by atoms with van der Waals surface area (Å²) in [5.41, 5.74) is -0.435. The lowest BCUT2D eigenvalue weighted by molar-refractivity contribution is 0.00824. The third-order valence-corrected chi connectivity index (χ3v) is 3.95. The Morgan fingerprint density at radius 3 is 2.65 bits per heavy atom. The zero-order chi connectivity index (χ0) is 16.7. The number of ether oxygens (including phenoxy) is 2. The molecule has 0 spiro atoms. The van der Waals surface area contributed by atoms with Crippen LogP contribution in [0.15, 0.2) is 30.3 Å². The fraction of sp³-hybridized carbons (Fsp3) is 0.632. The van der Waals surface area contributed by atoms with Crippen LogP contribution in [0.4, 0.5) is 4.79 Å². The SMILES string of the molecule is CC(C)(C)OC(=O)N1CCCCC1CCCOc1ccccc1. The number of hydrogen-bond donors (Lipinski definition) is 0. The molecular weight excluding hydrogens is 290 g/mol. The average Bonchev–Trinajstić information content (AvgIpc) is 2.51. The number of likely N-dealkylation sites (tertiary alicyclic amines) is 1. The monoisotopic (exact) mass is 319 g/mol. The molecular formula is C19H29NO3. The van der Waals surface area contributed by atoms with E-state index in [2.05, 4.69) is 0 Å². The van der Waals surface area contributed by atoms with Crippen molar-refractivity contribution in [2.75, 3.05) is 13.2 Å². The molecule has 0 aliphatic carbocycles. The molecule has 23 heavy (non-hydrogen) atoms. The molecule has 0 aromatic heterocycles. The van der Waals surface area contributed by atoms with Crippen LogP contribution in [-0.4, -0.2) is 35.8 Å². The lowest BCUT2D eigenvalue weighted by Gasteiger charge is -2.36. The van der Waals surface area contributed by atoms with Crippen molar-refractivity contribution >= 4 is 6.09 Å². The number of rotatable bonds is 5. The number of para-hydroxylation sites is 1. The zero-order valence-electron chi connectivity index (χ0n) is 14.6. The van der Waals surface area contributed by atoms with Gasteiger partial charge in [-0.25, -0.2) is 4.79 Å². The Morgan fingerprint density at radius 2 is 1.96 bits per heavy atom. The molecule has 1 aliphatic heterocycles. The number of benzene rings is 1. The predicted octanol–water partition coefficient (Wildman–Crippen LogP) is 4.64. The fourth-order valence-corrected chi connectivity index (χ4v) is 2.89. The van der Waals surface area contributed by atoms with E-state index in [0.29, 0.717) is 6.61 Å². The third-order valence-electron chi connectivity index (χ3n) is 3.95. The molecule has 0 saturated carbocycles. The molecule has 128 valence electrons. The van der Waals surface area contributed by atoms with E-state index in [0.717, 1.165) is 38.0 Å². The van der Waals surface area contributed by atoms with Crippen molar-refractivity contribution in [3.63, 3.8) is 0 Å². The molecule has 1 saturated heterocycles. The van der Waals surface area contributed by atoms with Crippen molar-refractivity contribution in [2.45, 2.75) is 64.5 Å². The van der Waals surface area contributed by atoms with Gasteiger partial charge in [0.15, 0.2) is 0 Å². The standard InChI is InChI=1S/C19H29NO3/c1-19(2,3)23-18(21)20-14-8-7-10-16(20)11-9-15-22-17-12-5-4-6-13-17/h4-6,12-13,16H,7-11,14-15H2,1-3H3. The summed E-state index contributed by atoms with van der Waals surface area (Å²) in [6, 6.07) is 10.1. The van der Waals surface area contributed by atoms with Gasteiger partial charge in [-0.15, -0.1) is 0 Å². The van der Waals surface area contributed by atoms with Gasteiger partial charge in [-0.2, -0.15) is 0 Å². The highest BCUT2D eigenvalue weighted by atomic mass is 16.6. The number of hydrogen-bond acceptors (Lipinski definition) is 3. The van der Waals surface area contributed by atoms with Crippen LogP contribution in [-0.2, 0) is 4.74 Å². The Labute approximate surface area is 139 Å². The van der Waals surface area contributed by atoms with Gasteiger partial charge in [-0.05, 0) is 65.0 Å². The van der Waals surface area contributed by atoms with Crippen molar-refractivity contribution in [1.82, 2.24) is 4.90 Å². The van der Waals surface area contributed by atoms with Gasteiger partial charge in [0.1, 0.15) is 11.4 Å². The second-order valence-electron chi connectivity index (χ2n) is 7.13. The largest absolute Gasteiger partial charge is 0.494 e. The topological polar surface area (TPSA) is 38.8 Å². The van der Waals surface area contributed by atoms with Gasteiger partial charge in [0.2, 0.25) is 0 Å². The third kappa shape index (κ3) is 6.12. The summed E-state index contributed by atoms with van der Waals surface area (Å²) in [4.78, 5) is 14.3. The summed E-state index contributed by atoms with van der Waals surface area (Å²) in [5, 5.41) is 0. The molecule has 1 aliphatic rings. The molecule has 1 atom stereocenters. The molecule has 4 nitrogen and oxygen atoms in total. The first kappa shape index (κ1) is 17.6. The highest BCUT2D eigenvalue weighted by Gasteiger charge is 2.29. The van der Waals surface area contributed by atoms with E-state index in [1.165, 1.54) is 6.42 Å². The van der Waals surface area contributed by atoms with E-state index in [4.69, 9.17) is 9.47 Å². The van der Waals surface area contributed by atoms with Gasteiger partial charge in [0, 0.05) is 12.6 Å². The quantitative estimate of drug-likeness (QED) is 0.742. The van der Waals surface area contributed by atoms with Gasteiger partial charge >= 0.3 is 6.09 Å². The van der Waals surface area contributed by atoms with E-state index >= 15 is 0 Å². The molecule has 0 radical (unpaired) electrons. The Morgan fingerprint density at radius 1 is 1.22 bits per heavy atom. The Bertz CT molecular complexity index is 481. The smallest absolute Gasteiger partial charge is 0.410 e. The van der Waals surface area contributed by atoms with E-state index in [1.807, 2.05) is 56.0 Å². The van der Waals surface area contributed by atoms with Crippen LogP contribution in [0.25, 0.3) is 0 Å². The average molecular weight is 319 g/mol. The fourth-order valence-electron chi connectivity index (χ4n) is 2.89. The van der Waals surface area contributed by atoms with E-state index in [9.17, 15) is 4.79 Å². The van der Waals surface area contributed by atoms with Crippen molar-refractivity contribution in [3.05, 3.63) is 30.3 Å². The van der Waals surface area contributed by atoms with Gasteiger partial charge in [0.05, 0.1) is 6.61 Å². The molecule has 0 bridgehead atoms. The van der Waals surface area contributed by atoms with Gasteiger partial charge < -0.3 is 14.4 Å². The summed E-state index contributed by atoms with van der Waals surface area (Å²) in [5.74, 6) is 0.903. The van der Waals surface area contributed by atoms with Crippen LogP contribution >= 0.6 is 0 Å². The minimum Gasteiger partial charge on any atom is -0.494 e. The molecule has 1 aromatic carbocycles. The molecule has 0 N–H and O–H groups in total. The number of piperidine rings is 1. The minimum absolute atomic E-state index is 0.175. The van der Waals surface area contributed by atoms with E-state index in [1.54, 1.807) is 0 Å². The van der Waals surface area contributed by atoms with Crippen molar-refractivity contribution in [2.24, 2.45) is 0 Å². The molecule has 1 aromatic rings. The Balaban J connectivity index is 1.78. The second kappa shape index (κ2) is 8.23. The lowest BCUT2D eigenvalue weighted by atomic mass is 9.98. The first-order chi connectivity index (χ1) is 11.0. The number of carbonyl (C=O) groups is 1. The zero-order valence-corrected chi connectivity index (χ0v) is 14.6. The Kier molecular flexibility index (Phi) is 6.31. The number of nitrogens with zero attached hydrogens (tertiary/aromatic N) is 1.